The van der Waals surface area contributed by atoms with Crippen molar-refractivity contribution in [2.75, 3.05) is 0 Å². The van der Waals surface area contributed by atoms with Crippen LogP contribution in [0.1, 0.15) is 37.5 Å². The molecule has 2 nitrogen and oxygen atoms in total. The Hall–Kier alpha value is -1.22. The largest absolute Gasteiger partial charge is 0.489 e. The quantitative estimate of drug-likeness (QED) is 0.618. The first-order valence-electron chi connectivity index (χ1n) is 5.85. The Balaban J connectivity index is 3.93. The fourth-order valence-corrected chi connectivity index (χ4v) is 2.06. The molecule has 0 heterocycles. The molecule has 0 atom stereocenters. The highest BCUT2D eigenvalue weighted by atomic mass is 19.4. The molecule has 9 heteroatoms. The number of alkyl halides is 6. The summed E-state index contributed by atoms with van der Waals surface area (Å²) in [5, 5.41) is 17.9. The summed E-state index contributed by atoms with van der Waals surface area (Å²) in [5.41, 5.74) is -6.93. The van der Waals surface area contributed by atoms with Crippen LogP contribution in [0.5, 0.6) is 0 Å². The van der Waals surface area contributed by atoms with Crippen LogP contribution in [0.25, 0.3) is 0 Å². The molecule has 0 fully saturated rings. The lowest BCUT2D eigenvalue weighted by Gasteiger charge is -2.28. The van der Waals surface area contributed by atoms with Crippen molar-refractivity contribution in [1.82, 2.24) is 0 Å². The molecule has 21 heavy (non-hydrogen) atoms. The van der Waals surface area contributed by atoms with Gasteiger partial charge in [0.25, 0.3) is 0 Å². The van der Waals surface area contributed by atoms with E-state index in [2.05, 4.69) is 0 Å². The first-order valence-corrected chi connectivity index (χ1v) is 5.85. The molecule has 0 unspecified atom stereocenters. The molecule has 118 valence electrons. The van der Waals surface area contributed by atoms with Crippen LogP contribution in [0, 0.1) is 0 Å². The van der Waals surface area contributed by atoms with E-state index in [0.29, 0.717) is 6.07 Å². The van der Waals surface area contributed by atoms with E-state index in [1.165, 1.54) is 20.8 Å². The van der Waals surface area contributed by atoms with Gasteiger partial charge in [0.15, 0.2) is 0 Å². The van der Waals surface area contributed by atoms with Crippen molar-refractivity contribution in [2.45, 2.75) is 38.5 Å². The number of hydrogen-bond donors (Lipinski definition) is 2. The smallest absolute Gasteiger partial charge is 0.423 e. The monoisotopic (exact) mass is 314 g/mol. The van der Waals surface area contributed by atoms with Crippen LogP contribution < -0.4 is 5.46 Å². The molecule has 0 saturated carbocycles. The Morgan fingerprint density at radius 2 is 1.24 bits per heavy atom. The Kier molecular flexibility index (Phi) is 4.42. The third kappa shape index (κ3) is 3.71. The minimum Gasteiger partial charge on any atom is -0.423 e. The molecule has 0 spiro atoms. The maximum absolute atomic E-state index is 13.1. The zero-order chi connectivity index (χ0) is 16.8. The van der Waals surface area contributed by atoms with E-state index < -0.39 is 47.0 Å². The molecule has 1 aromatic rings. The van der Waals surface area contributed by atoms with Gasteiger partial charge < -0.3 is 10.0 Å². The van der Waals surface area contributed by atoms with Crippen molar-refractivity contribution in [3.63, 3.8) is 0 Å². The van der Waals surface area contributed by atoms with Crippen molar-refractivity contribution in [3.05, 3.63) is 28.8 Å². The van der Waals surface area contributed by atoms with Gasteiger partial charge in [0.1, 0.15) is 0 Å². The van der Waals surface area contributed by atoms with Gasteiger partial charge in [0.2, 0.25) is 0 Å². The van der Waals surface area contributed by atoms with E-state index in [-0.39, 0.29) is 0 Å². The van der Waals surface area contributed by atoms with Crippen molar-refractivity contribution in [1.29, 1.82) is 0 Å². The molecule has 0 aliphatic rings. The molecule has 0 amide bonds. The number of halogens is 6. The highest BCUT2D eigenvalue weighted by Gasteiger charge is 2.49. The lowest BCUT2D eigenvalue weighted by Crippen LogP contribution is -2.40. The lowest BCUT2D eigenvalue weighted by atomic mass is 9.71. The van der Waals surface area contributed by atoms with Crippen LogP contribution in [-0.4, -0.2) is 17.2 Å². The van der Waals surface area contributed by atoms with Crippen LogP contribution in [-0.2, 0) is 17.8 Å². The Morgan fingerprint density at radius 3 is 1.52 bits per heavy atom. The van der Waals surface area contributed by atoms with Gasteiger partial charge in [-0.1, -0.05) is 32.9 Å². The maximum Gasteiger partial charge on any atom is 0.489 e. The van der Waals surface area contributed by atoms with Crippen LogP contribution in [0.4, 0.5) is 26.3 Å². The Bertz CT molecular complexity index is 528. The summed E-state index contributed by atoms with van der Waals surface area (Å²) in [4.78, 5) is 0. The lowest BCUT2D eigenvalue weighted by molar-refractivity contribution is -0.162. The van der Waals surface area contributed by atoms with Gasteiger partial charge in [-0.15, -0.1) is 0 Å². The van der Waals surface area contributed by atoms with Crippen LogP contribution >= 0.6 is 0 Å². The second kappa shape index (κ2) is 5.21. The second-order valence-corrected chi connectivity index (χ2v) is 5.57. The zero-order valence-electron chi connectivity index (χ0n) is 11.4. The molecule has 1 rings (SSSR count). The van der Waals surface area contributed by atoms with Crippen molar-refractivity contribution in [3.8, 4) is 0 Å². The van der Waals surface area contributed by atoms with Gasteiger partial charge in [0, 0.05) is 0 Å². The maximum atomic E-state index is 13.1. The van der Waals surface area contributed by atoms with Gasteiger partial charge >= 0.3 is 19.5 Å². The summed E-state index contributed by atoms with van der Waals surface area (Å²) in [7, 11) is -2.66. The van der Waals surface area contributed by atoms with E-state index in [1.54, 1.807) is 0 Å². The van der Waals surface area contributed by atoms with E-state index >= 15 is 0 Å². The summed E-state index contributed by atoms with van der Waals surface area (Å²) in [5.74, 6) is 0. The first-order chi connectivity index (χ1) is 9.17. The molecule has 0 bridgehead atoms. The average molecular weight is 314 g/mol. The molecular weight excluding hydrogens is 301 g/mol. The molecule has 1 aromatic carbocycles. The van der Waals surface area contributed by atoms with E-state index in [4.69, 9.17) is 10.0 Å². The summed E-state index contributed by atoms with van der Waals surface area (Å²) >= 11 is 0. The fourth-order valence-electron chi connectivity index (χ4n) is 2.06. The van der Waals surface area contributed by atoms with Gasteiger partial charge in [0.05, 0.1) is 11.1 Å². The summed E-state index contributed by atoms with van der Waals surface area (Å²) in [6.07, 6.45) is -10.6. The predicted octanol–water partition coefficient (Wildman–Crippen LogP) is 2.70. The molecule has 0 aromatic heterocycles. The van der Waals surface area contributed by atoms with Crippen molar-refractivity contribution >= 4 is 12.6 Å². The van der Waals surface area contributed by atoms with Gasteiger partial charge in [-0.2, -0.15) is 26.3 Å². The summed E-state index contributed by atoms with van der Waals surface area (Å²) in [6, 6.07) is 1.50. The standard InChI is InChI=1S/C12H13BF6O2/c1-10(2,3)6-4-5-7(13(20)21)9(12(17,18)19)8(6)11(14,15)16/h4-5,20-21H,1-3H3. The van der Waals surface area contributed by atoms with E-state index in [0.717, 1.165) is 6.07 Å². The van der Waals surface area contributed by atoms with Crippen molar-refractivity contribution < 1.29 is 36.4 Å². The normalized spacial score (nSPS) is 13.5. The van der Waals surface area contributed by atoms with Gasteiger partial charge in [-0.05, 0) is 16.4 Å². The van der Waals surface area contributed by atoms with E-state index in [9.17, 15) is 26.3 Å². The topological polar surface area (TPSA) is 40.5 Å². The van der Waals surface area contributed by atoms with Gasteiger partial charge in [-0.25, -0.2) is 0 Å². The predicted molar refractivity (Wildman–Crippen MR) is 65.0 cm³/mol. The SMILES string of the molecule is CC(C)(C)c1ccc(B(O)O)c(C(F)(F)F)c1C(F)(F)F. The van der Waals surface area contributed by atoms with E-state index in [1.807, 2.05) is 0 Å². The summed E-state index contributed by atoms with van der Waals surface area (Å²) in [6.45, 7) is 4.02. The van der Waals surface area contributed by atoms with Crippen LogP contribution in [0.2, 0.25) is 0 Å². The van der Waals surface area contributed by atoms with Crippen LogP contribution in [0.3, 0.4) is 0 Å². The first kappa shape index (κ1) is 17.8. The average Bonchev–Trinajstić information content (AvgIpc) is 2.23. The molecule has 0 aliphatic carbocycles. The molecule has 0 saturated heterocycles. The number of benzene rings is 1. The highest BCUT2D eigenvalue weighted by molar-refractivity contribution is 6.59. The third-order valence-corrected chi connectivity index (χ3v) is 2.89. The number of hydrogen-bond acceptors (Lipinski definition) is 2. The zero-order valence-corrected chi connectivity index (χ0v) is 11.4. The number of rotatable bonds is 1. The van der Waals surface area contributed by atoms with Crippen LogP contribution in [0.15, 0.2) is 12.1 Å². The molecule has 2 N–H and O–H groups in total. The Labute approximate surface area is 117 Å². The minimum atomic E-state index is -5.37. The molecular formula is C12H13BF6O2. The molecule has 0 aliphatic heterocycles. The van der Waals surface area contributed by atoms with Crippen molar-refractivity contribution in [2.24, 2.45) is 0 Å². The summed E-state index contributed by atoms with van der Waals surface area (Å²) < 4.78 is 78.6. The third-order valence-electron chi connectivity index (χ3n) is 2.89. The molecule has 0 radical (unpaired) electrons. The Morgan fingerprint density at radius 1 is 0.810 bits per heavy atom. The minimum absolute atomic E-state index is 0.563. The highest BCUT2D eigenvalue weighted by Crippen LogP contribution is 2.44. The second-order valence-electron chi connectivity index (χ2n) is 5.57. The van der Waals surface area contributed by atoms with Gasteiger partial charge in [-0.3, -0.25) is 0 Å². The fraction of sp³-hybridized carbons (Fsp3) is 0.500.